The van der Waals surface area contributed by atoms with Crippen molar-refractivity contribution < 1.29 is 9.47 Å². The molecule has 4 aromatic rings. The zero-order valence-corrected chi connectivity index (χ0v) is 27.9. The lowest BCUT2D eigenvalue weighted by Gasteiger charge is -2.32. The van der Waals surface area contributed by atoms with Gasteiger partial charge in [-0.3, -0.25) is 0 Å². The fraction of sp³-hybridized carbons (Fsp3) is 0.250. The minimum atomic E-state index is 0.171. The number of piperidine rings is 1. The second-order valence-corrected chi connectivity index (χ2v) is 12.3. The number of hydrogen-bond donors (Lipinski definition) is 2. The maximum atomic E-state index is 5.79. The highest BCUT2D eigenvalue weighted by molar-refractivity contribution is 14.1. The molecule has 0 amide bonds. The molecular formula is C32H31I2N7O2. The maximum absolute atomic E-state index is 5.79. The zero-order valence-electron chi connectivity index (χ0n) is 23.6. The third-order valence-corrected chi connectivity index (χ3v) is 8.36. The Hall–Kier alpha value is -3.64. The smallest absolute Gasteiger partial charge is 0.250 e. The third kappa shape index (κ3) is 8.70. The van der Waals surface area contributed by atoms with Crippen LogP contribution < -0.4 is 25.1 Å². The average Bonchev–Trinajstić information content (AvgIpc) is 3.02. The van der Waals surface area contributed by atoms with Crippen molar-refractivity contribution in [2.45, 2.75) is 19.3 Å². The Labute approximate surface area is 279 Å². The Morgan fingerprint density at radius 1 is 1.02 bits per heavy atom. The first-order chi connectivity index (χ1) is 21.0. The molecule has 43 heavy (non-hydrogen) atoms. The van der Waals surface area contributed by atoms with Gasteiger partial charge < -0.3 is 19.7 Å². The van der Waals surface area contributed by atoms with Crippen molar-refractivity contribution in [3.05, 3.63) is 85.0 Å². The minimum Gasteiger partial charge on any atom is -0.497 e. The molecular weight excluding hydrogens is 768 g/mol. The van der Waals surface area contributed by atoms with Gasteiger partial charge in [-0.2, -0.15) is 20.1 Å². The molecule has 1 saturated heterocycles. The van der Waals surface area contributed by atoms with Crippen LogP contribution in [-0.4, -0.2) is 48.0 Å². The summed E-state index contributed by atoms with van der Waals surface area (Å²) in [7, 11) is 1.64. The fourth-order valence-corrected chi connectivity index (χ4v) is 6.85. The van der Waals surface area contributed by atoms with Crippen molar-refractivity contribution >= 4 is 74.9 Å². The summed E-state index contributed by atoms with van der Waals surface area (Å²) < 4.78 is 13.1. The van der Waals surface area contributed by atoms with Crippen molar-refractivity contribution in [1.29, 1.82) is 0 Å². The Balaban J connectivity index is 1.35. The van der Waals surface area contributed by atoms with Crippen molar-refractivity contribution in [2.75, 3.05) is 42.4 Å². The number of aromatic nitrogens is 3. The van der Waals surface area contributed by atoms with Gasteiger partial charge >= 0.3 is 0 Å². The van der Waals surface area contributed by atoms with Gasteiger partial charge in [-0.15, -0.1) is 6.42 Å². The van der Waals surface area contributed by atoms with E-state index in [0.717, 1.165) is 56.5 Å². The van der Waals surface area contributed by atoms with E-state index in [4.69, 9.17) is 25.9 Å². The number of halogens is 2. The van der Waals surface area contributed by atoms with Gasteiger partial charge in [-0.1, -0.05) is 36.3 Å². The number of anilines is 4. The predicted molar refractivity (Wildman–Crippen MR) is 189 cm³/mol. The van der Waals surface area contributed by atoms with Crippen molar-refractivity contribution in [3.63, 3.8) is 0 Å². The number of methoxy groups -OCH3 is 1. The number of nitrogens with zero attached hydrogens (tertiary/aromatic N) is 5. The minimum absolute atomic E-state index is 0.171. The molecule has 5 rings (SSSR count). The third-order valence-electron chi connectivity index (χ3n) is 6.94. The van der Waals surface area contributed by atoms with Crippen molar-refractivity contribution in [2.24, 2.45) is 11.0 Å². The van der Waals surface area contributed by atoms with Gasteiger partial charge in [-0.05, 0) is 112 Å². The second kappa shape index (κ2) is 15.2. The number of hydrogen-bond acceptors (Lipinski definition) is 9. The first-order valence-electron chi connectivity index (χ1n) is 13.8. The Morgan fingerprint density at radius 3 is 2.49 bits per heavy atom. The van der Waals surface area contributed by atoms with Crippen LogP contribution in [0.3, 0.4) is 0 Å². The maximum Gasteiger partial charge on any atom is 0.250 e. The van der Waals surface area contributed by atoms with E-state index >= 15 is 0 Å². The predicted octanol–water partition coefficient (Wildman–Crippen LogP) is 6.75. The summed E-state index contributed by atoms with van der Waals surface area (Å²) in [5, 5.41) is 7.74. The summed E-state index contributed by atoms with van der Waals surface area (Å²) in [6.07, 6.45) is 10.3. The van der Waals surface area contributed by atoms with E-state index in [1.165, 1.54) is 5.56 Å². The van der Waals surface area contributed by atoms with E-state index in [-0.39, 0.29) is 6.61 Å². The summed E-state index contributed by atoms with van der Waals surface area (Å²) in [5.41, 5.74) is 6.01. The molecule has 1 fully saturated rings. The van der Waals surface area contributed by atoms with Gasteiger partial charge in [0.2, 0.25) is 17.8 Å². The molecule has 1 aliphatic heterocycles. The Kier molecular flexibility index (Phi) is 10.9. The van der Waals surface area contributed by atoms with Crippen LogP contribution in [0.5, 0.6) is 11.5 Å². The van der Waals surface area contributed by atoms with Crippen LogP contribution in [0.1, 0.15) is 24.0 Å². The molecule has 2 heterocycles. The molecule has 0 radical (unpaired) electrons. The van der Waals surface area contributed by atoms with Gasteiger partial charge in [0.1, 0.15) is 18.1 Å². The van der Waals surface area contributed by atoms with Crippen LogP contribution in [0.15, 0.2) is 71.8 Å². The molecule has 1 aliphatic rings. The van der Waals surface area contributed by atoms with Crippen LogP contribution in [0, 0.1) is 25.4 Å². The second-order valence-electron chi connectivity index (χ2n) is 9.93. The average molecular weight is 799 g/mol. The largest absolute Gasteiger partial charge is 0.497 e. The molecule has 0 unspecified atom stereocenters. The molecule has 2 N–H and O–H groups in total. The highest BCUT2D eigenvalue weighted by atomic mass is 127. The molecule has 0 bridgehead atoms. The van der Waals surface area contributed by atoms with Gasteiger partial charge in [0.05, 0.1) is 16.9 Å². The molecule has 9 nitrogen and oxygen atoms in total. The van der Waals surface area contributed by atoms with Crippen molar-refractivity contribution in [1.82, 2.24) is 15.0 Å². The number of hydrazone groups is 1. The molecule has 0 atom stereocenters. The summed E-state index contributed by atoms with van der Waals surface area (Å²) in [6, 6.07) is 22.3. The molecule has 0 aliphatic carbocycles. The summed E-state index contributed by atoms with van der Waals surface area (Å²) in [4.78, 5) is 16.3. The molecule has 0 saturated carbocycles. The lowest BCUT2D eigenvalue weighted by Crippen LogP contribution is -2.35. The number of nitrogens with one attached hydrogen (secondary N) is 2. The Morgan fingerprint density at radius 2 is 1.77 bits per heavy atom. The first kappa shape index (κ1) is 30.8. The van der Waals surface area contributed by atoms with Gasteiger partial charge in [0, 0.05) is 27.9 Å². The highest BCUT2D eigenvalue weighted by Gasteiger charge is 2.22. The van der Waals surface area contributed by atoms with E-state index in [1.807, 2.05) is 36.4 Å². The SMILES string of the molecule is C#CCOc1c(I)cc(I)cc1C=NNc1nc(Nc2ccc(OC)cc2)nc(N2CCC(Cc3ccccc3)CC2)n1. The highest BCUT2D eigenvalue weighted by Crippen LogP contribution is 2.28. The lowest BCUT2D eigenvalue weighted by atomic mass is 9.90. The number of ether oxygens (including phenoxy) is 2. The monoisotopic (exact) mass is 799 g/mol. The molecule has 0 spiro atoms. The van der Waals surface area contributed by atoms with Crippen LogP contribution in [-0.2, 0) is 6.42 Å². The molecule has 220 valence electrons. The van der Waals surface area contributed by atoms with E-state index in [2.05, 4.69) is 107 Å². The standard InChI is InChI=1S/C32H31I2N7O2/c1-3-17-43-29-24(19-25(33)20-28(29)34)21-35-40-31-37-30(36-26-9-11-27(42-2)12-10-26)38-32(39-31)41-15-13-23(14-16-41)18-22-7-5-4-6-8-22/h1,4-12,19-21,23H,13-18H2,2H3,(H2,36,37,38,39,40). The van der Waals surface area contributed by atoms with E-state index in [9.17, 15) is 0 Å². The number of terminal acetylenes is 1. The van der Waals surface area contributed by atoms with E-state index in [1.54, 1.807) is 13.3 Å². The summed E-state index contributed by atoms with van der Waals surface area (Å²) in [5.74, 6) is 5.95. The van der Waals surface area contributed by atoms with Gasteiger partial charge in [-0.25, -0.2) is 5.43 Å². The Bertz CT molecular complexity index is 1590. The molecule has 3 aromatic carbocycles. The number of rotatable bonds is 11. The van der Waals surface area contributed by atoms with Crippen LogP contribution in [0.2, 0.25) is 0 Å². The normalized spacial score (nSPS) is 13.5. The zero-order chi connectivity index (χ0) is 30.0. The fourth-order valence-electron chi connectivity index (χ4n) is 4.80. The van der Waals surface area contributed by atoms with E-state index in [0.29, 0.717) is 29.5 Å². The first-order valence-corrected chi connectivity index (χ1v) is 16.0. The van der Waals surface area contributed by atoms with Crippen molar-refractivity contribution in [3.8, 4) is 23.8 Å². The summed E-state index contributed by atoms with van der Waals surface area (Å²) >= 11 is 4.50. The van der Waals surface area contributed by atoms with Gasteiger partial charge in [0.15, 0.2) is 0 Å². The molecule has 11 heteroatoms. The van der Waals surface area contributed by atoms with E-state index < -0.39 is 0 Å². The topological polar surface area (TPSA) is 96.8 Å². The lowest BCUT2D eigenvalue weighted by molar-refractivity contribution is 0.367. The van der Waals surface area contributed by atoms with Crippen LogP contribution in [0.25, 0.3) is 0 Å². The molecule has 1 aromatic heterocycles. The number of benzene rings is 3. The van der Waals surface area contributed by atoms with Gasteiger partial charge in [0.25, 0.3) is 0 Å². The van der Waals surface area contributed by atoms with Crippen LogP contribution >= 0.6 is 45.2 Å². The summed E-state index contributed by atoms with van der Waals surface area (Å²) in [6.45, 7) is 1.90. The van der Waals surface area contributed by atoms with Crippen LogP contribution in [0.4, 0.5) is 23.5 Å². The quantitative estimate of drug-likeness (QED) is 0.0746.